The van der Waals surface area contributed by atoms with Gasteiger partial charge in [0.2, 0.25) is 5.91 Å². The number of hydrogen-bond acceptors (Lipinski definition) is 5. The Hall–Kier alpha value is -2.80. The molecular formula is C28H29Cl2N3O3. The minimum atomic E-state index is -0.480. The highest BCUT2D eigenvalue weighted by Gasteiger charge is 2.47. The molecule has 6 rings (SSSR count). The Balaban J connectivity index is 1.40. The molecule has 2 aliphatic heterocycles. The number of hydrogen-bond donors (Lipinski definition) is 2. The summed E-state index contributed by atoms with van der Waals surface area (Å²) in [5, 5.41) is 8.74. The number of fused-ring (bicyclic) bond motifs is 2. The van der Waals surface area contributed by atoms with Crippen LogP contribution in [0.4, 0.5) is 5.69 Å². The number of primary amides is 1. The molecule has 4 aliphatic rings. The molecule has 1 aromatic carbocycles. The minimum Gasteiger partial charge on any atom is -0.379 e. The topological polar surface area (TPSA) is 90.4 Å². The molecule has 1 saturated carbocycles. The number of nitrogens with one attached hydrogen (secondary N) is 1. The first-order valence-electron chi connectivity index (χ1n) is 12.1. The Morgan fingerprint density at radius 1 is 1.25 bits per heavy atom. The van der Waals surface area contributed by atoms with Crippen LogP contribution in [0.5, 0.6) is 0 Å². The summed E-state index contributed by atoms with van der Waals surface area (Å²) in [5.74, 6) is 0.744. The van der Waals surface area contributed by atoms with Gasteiger partial charge in [-0.1, -0.05) is 65.3 Å². The van der Waals surface area contributed by atoms with Gasteiger partial charge in [-0.05, 0) is 56.4 Å². The molecule has 2 aliphatic carbocycles. The standard InChI is InChI=1S/C28H29Cl2N3O3/c1-3-4-21(30)22(17(2)29)23-24(25(36-33-23)18-5-6-18)32-15-27-11-13-28(14-12-27,35-16-27)20-9-7-19(8-10-20)26(31)34/h3-4,7-11,13,18,32H,2,5-6,12,14-16H2,1H3,(H2,31,34)/b4-3-,22-21-. The van der Waals surface area contributed by atoms with Crippen LogP contribution in [0, 0.1) is 5.41 Å². The quantitative estimate of drug-likeness (QED) is 0.284. The van der Waals surface area contributed by atoms with Crippen LogP contribution in [0.2, 0.25) is 0 Å². The first kappa shape index (κ1) is 24.9. The Labute approximate surface area is 220 Å². The molecule has 0 radical (unpaired) electrons. The molecular weight excluding hydrogens is 497 g/mol. The number of benzene rings is 1. The molecule has 8 heteroatoms. The van der Waals surface area contributed by atoms with Crippen molar-refractivity contribution in [2.45, 2.75) is 44.1 Å². The number of nitrogens with two attached hydrogens (primary N) is 1. The largest absolute Gasteiger partial charge is 0.379 e. The van der Waals surface area contributed by atoms with E-state index in [1.54, 1.807) is 18.2 Å². The molecule has 3 heterocycles. The van der Waals surface area contributed by atoms with E-state index in [2.05, 4.69) is 29.2 Å². The highest BCUT2D eigenvalue weighted by atomic mass is 35.5. The smallest absolute Gasteiger partial charge is 0.248 e. The van der Waals surface area contributed by atoms with Gasteiger partial charge in [-0.25, -0.2) is 0 Å². The monoisotopic (exact) mass is 525 g/mol. The van der Waals surface area contributed by atoms with E-state index in [-0.39, 0.29) is 5.41 Å². The van der Waals surface area contributed by atoms with E-state index in [0.29, 0.717) is 46.0 Å². The van der Waals surface area contributed by atoms with Crippen LogP contribution in [-0.2, 0) is 10.3 Å². The zero-order chi connectivity index (χ0) is 25.5. The highest BCUT2D eigenvalue weighted by molar-refractivity contribution is 6.42. The van der Waals surface area contributed by atoms with Gasteiger partial charge in [-0.15, -0.1) is 0 Å². The van der Waals surface area contributed by atoms with Gasteiger partial charge in [0, 0.05) is 34.0 Å². The third kappa shape index (κ3) is 4.54. The Morgan fingerprint density at radius 2 is 2.00 bits per heavy atom. The number of allylic oxidation sites excluding steroid dienone is 5. The predicted octanol–water partition coefficient (Wildman–Crippen LogP) is 6.60. The van der Waals surface area contributed by atoms with Crippen molar-refractivity contribution in [1.82, 2.24) is 5.16 Å². The van der Waals surface area contributed by atoms with Gasteiger partial charge in [0.1, 0.15) is 17.0 Å². The van der Waals surface area contributed by atoms with Crippen molar-refractivity contribution < 1.29 is 14.1 Å². The van der Waals surface area contributed by atoms with Crippen molar-refractivity contribution in [3.63, 3.8) is 0 Å². The summed E-state index contributed by atoms with van der Waals surface area (Å²) in [6, 6.07) is 7.35. The van der Waals surface area contributed by atoms with Gasteiger partial charge in [-0.3, -0.25) is 4.79 Å². The second-order valence-electron chi connectivity index (χ2n) is 9.84. The fraction of sp³-hybridized carbons (Fsp3) is 0.357. The average Bonchev–Trinajstić information content (AvgIpc) is 3.64. The lowest BCUT2D eigenvalue weighted by atomic mass is 9.69. The number of ether oxygens (including phenoxy) is 1. The Kier molecular flexibility index (Phi) is 6.62. The summed E-state index contributed by atoms with van der Waals surface area (Å²) in [4.78, 5) is 11.4. The number of carbonyl (C=O) groups excluding carboxylic acids is 1. The Bertz CT molecular complexity index is 1280. The first-order valence-corrected chi connectivity index (χ1v) is 12.9. The van der Waals surface area contributed by atoms with Gasteiger partial charge >= 0.3 is 0 Å². The summed E-state index contributed by atoms with van der Waals surface area (Å²) in [7, 11) is 0. The number of nitrogens with zero attached hydrogens (tertiary/aromatic N) is 1. The molecule has 1 aromatic heterocycles. The average molecular weight is 526 g/mol. The van der Waals surface area contributed by atoms with E-state index in [1.807, 2.05) is 25.1 Å². The fourth-order valence-corrected chi connectivity index (χ4v) is 5.57. The first-order chi connectivity index (χ1) is 17.3. The van der Waals surface area contributed by atoms with Gasteiger partial charge in [0.15, 0.2) is 5.76 Å². The molecule has 2 aromatic rings. The molecule has 2 atom stereocenters. The molecule has 3 N–H and O–H groups in total. The molecule has 36 heavy (non-hydrogen) atoms. The lowest BCUT2D eigenvalue weighted by Gasteiger charge is -2.49. The van der Waals surface area contributed by atoms with Gasteiger partial charge in [0.05, 0.1) is 11.6 Å². The second kappa shape index (κ2) is 9.58. The summed E-state index contributed by atoms with van der Waals surface area (Å²) in [6.07, 6.45) is 11.9. The van der Waals surface area contributed by atoms with Crippen LogP contribution in [0.1, 0.15) is 65.9 Å². The van der Waals surface area contributed by atoms with Gasteiger partial charge in [-0.2, -0.15) is 0 Å². The number of halogens is 2. The van der Waals surface area contributed by atoms with Crippen LogP contribution in [-0.4, -0.2) is 24.2 Å². The van der Waals surface area contributed by atoms with Crippen molar-refractivity contribution in [3.05, 3.63) is 87.8 Å². The minimum absolute atomic E-state index is 0.167. The van der Waals surface area contributed by atoms with Crippen LogP contribution < -0.4 is 11.1 Å². The summed E-state index contributed by atoms with van der Waals surface area (Å²) in [6.45, 7) is 7.01. The maximum Gasteiger partial charge on any atom is 0.248 e. The number of amides is 1. The van der Waals surface area contributed by atoms with Crippen LogP contribution in [0.3, 0.4) is 0 Å². The van der Waals surface area contributed by atoms with Crippen molar-refractivity contribution in [2.24, 2.45) is 11.1 Å². The van der Waals surface area contributed by atoms with E-state index in [1.165, 1.54) is 0 Å². The zero-order valence-corrected chi connectivity index (χ0v) is 21.7. The van der Waals surface area contributed by atoms with Crippen LogP contribution >= 0.6 is 23.2 Å². The summed E-state index contributed by atoms with van der Waals surface area (Å²) in [5.41, 5.74) is 8.22. The fourth-order valence-electron chi connectivity index (χ4n) is 5.00. The SMILES string of the molecule is C=C(Cl)/C(=C(Cl)\C=C/C)c1noc(C2CC2)c1NCC12C=CC(c3ccc(C(N)=O)cc3)(CC1)OC2. The third-order valence-electron chi connectivity index (χ3n) is 7.32. The molecule has 1 amide bonds. The van der Waals surface area contributed by atoms with Crippen LogP contribution in [0.15, 0.2) is 69.7 Å². The number of aromatic nitrogens is 1. The number of carbonyl (C=O) groups is 1. The van der Waals surface area contributed by atoms with Crippen LogP contribution in [0.25, 0.3) is 5.57 Å². The lowest BCUT2D eigenvalue weighted by Crippen LogP contribution is -2.48. The number of anilines is 1. The lowest BCUT2D eigenvalue weighted by molar-refractivity contribution is -0.107. The van der Waals surface area contributed by atoms with Crippen molar-refractivity contribution in [3.8, 4) is 0 Å². The highest BCUT2D eigenvalue weighted by Crippen LogP contribution is 2.51. The molecule has 0 spiro atoms. The maximum absolute atomic E-state index is 11.4. The van der Waals surface area contributed by atoms with E-state index in [4.69, 9.17) is 38.2 Å². The van der Waals surface area contributed by atoms with Crippen molar-refractivity contribution in [1.29, 1.82) is 0 Å². The van der Waals surface area contributed by atoms with E-state index in [9.17, 15) is 4.79 Å². The summed E-state index contributed by atoms with van der Waals surface area (Å²) < 4.78 is 12.2. The predicted molar refractivity (Wildman–Crippen MR) is 143 cm³/mol. The normalized spacial score (nSPS) is 25.8. The zero-order valence-electron chi connectivity index (χ0n) is 20.2. The van der Waals surface area contributed by atoms with Crippen molar-refractivity contribution >= 4 is 40.4 Å². The molecule has 2 unspecified atom stereocenters. The van der Waals surface area contributed by atoms with Gasteiger partial charge in [0.25, 0.3) is 0 Å². The van der Waals surface area contributed by atoms with Gasteiger partial charge < -0.3 is 20.3 Å². The molecule has 2 fully saturated rings. The molecule has 1 saturated heterocycles. The summed E-state index contributed by atoms with van der Waals surface area (Å²) >= 11 is 12.9. The maximum atomic E-state index is 11.4. The Morgan fingerprint density at radius 3 is 2.53 bits per heavy atom. The molecule has 6 nitrogen and oxygen atoms in total. The molecule has 188 valence electrons. The van der Waals surface area contributed by atoms with E-state index < -0.39 is 11.5 Å². The third-order valence-corrected chi connectivity index (χ3v) is 7.82. The van der Waals surface area contributed by atoms with Crippen molar-refractivity contribution in [2.75, 3.05) is 18.5 Å². The molecule has 2 bridgehead atoms. The second-order valence-corrected chi connectivity index (χ2v) is 10.7. The number of rotatable bonds is 9. The van der Waals surface area contributed by atoms with E-state index in [0.717, 1.165) is 42.7 Å². The van der Waals surface area contributed by atoms with E-state index >= 15 is 0 Å².